The average molecular weight is 367 g/mol. The lowest BCUT2D eigenvalue weighted by Crippen LogP contribution is -2.14. The van der Waals surface area contributed by atoms with Crippen molar-refractivity contribution in [3.05, 3.63) is 53.0 Å². The third-order valence-electron chi connectivity index (χ3n) is 2.79. The molecule has 2 aromatic carbocycles. The van der Waals surface area contributed by atoms with Crippen LogP contribution in [0.1, 0.15) is 6.42 Å². The molecular weight excluding hydrogens is 352 g/mol. The summed E-state index contributed by atoms with van der Waals surface area (Å²) in [6.07, 6.45) is 0.201. The smallest absolute Gasteiger partial charge is 0.225 e. The van der Waals surface area contributed by atoms with Crippen LogP contribution in [-0.2, 0) is 15.6 Å². The normalized spacial score (nSPS) is 11.9. The van der Waals surface area contributed by atoms with E-state index in [0.29, 0.717) is 17.1 Å². The first-order valence-electron chi connectivity index (χ1n) is 6.34. The Hall–Kier alpha value is -1.66. The van der Waals surface area contributed by atoms with Crippen LogP contribution in [0.2, 0.25) is 0 Å². The zero-order valence-corrected chi connectivity index (χ0v) is 13.6. The van der Waals surface area contributed by atoms with Gasteiger partial charge in [-0.2, -0.15) is 0 Å². The van der Waals surface area contributed by atoms with Crippen molar-refractivity contribution in [2.24, 2.45) is 0 Å². The SMILES string of the molecule is Nc1ccc(NC(=O)CCS(=O)c2ccc(Br)cc2)cc1. The molecule has 0 radical (unpaired) electrons. The monoisotopic (exact) mass is 366 g/mol. The van der Waals surface area contributed by atoms with Crippen LogP contribution in [0.25, 0.3) is 0 Å². The van der Waals surface area contributed by atoms with Crippen LogP contribution >= 0.6 is 15.9 Å². The van der Waals surface area contributed by atoms with Gasteiger partial charge in [0.05, 0.1) is 10.8 Å². The van der Waals surface area contributed by atoms with E-state index in [9.17, 15) is 9.00 Å². The van der Waals surface area contributed by atoms with Gasteiger partial charge in [-0.05, 0) is 48.5 Å². The van der Waals surface area contributed by atoms with E-state index >= 15 is 0 Å². The molecule has 0 aliphatic heterocycles. The Kier molecular flexibility index (Phi) is 5.52. The van der Waals surface area contributed by atoms with E-state index in [0.717, 1.165) is 9.37 Å². The number of amides is 1. The summed E-state index contributed by atoms with van der Waals surface area (Å²) in [5, 5.41) is 2.75. The summed E-state index contributed by atoms with van der Waals surface area (Å²) in [6.45, 7) is 0. The summed E-state index contributed by atoms with van der Waals surface area (Å²) in [5.74, 6) is 0.132. The Morgan fingerprint density at radius 2 is 1.71 bits per heavy atom. The van der Waals surface area contributed by atoms with Crippen LogP contribution in [0.4, 0.5) is 11.4 Å². The lowest BCUT2D eigenvalue weighted by Gasteiger charge is -2.06. The number of hydrogen-bond acceptors (Lipinski definition) is 3. The molecule has 2 rings (SSSR count). The second-order valence-electron chi connectivity index (χ2n) is 4.42. The molecular formula is C15H15BrN2O2S. The molecule has 0 saturated heterocycles. The molecule has 0 saturated carbocycles. The van der Waals surface area contributed by atoms with Gasteiger partial charge in [0.25, 0.3) is 0 Å². The first-order valence-corrected chi connectivity index (χ1v) is 8.45. The molecule has 1 atom stereocenters. The minimum atomic E-state index is -1.18. The predicted octanol–water partition coefficient (Wildman–Crippen LogP) is 3.17. The van der Waals surface area contributed by atoms with Gasteiger partial charge in [0, 0.05) is 32.9 Å². The Labute approximate surface area is 134 Å². The molecule has 6 heteroatoms. The van der Waals surface area contributed by atoms with E-state index in [1.807, 2.05) is 12.1 Å². The van der Waals surface area contributed by atoms with Crippen LogP contribution in [0.5, 0.6) is 0 Å². The highest BCUT2D eigenvalue weighted by molar-refractivity contribution is 9.10. The van der Waals surface area contributed by atoms with Crippen molar-refractivity contribution in [3.63, 3.8) is 0 Å². The molecule has 0 spiro atoms. The van der Waals surface area contributed by atoms with Crippen LogP contribution in [0, 0.1) is 0 Å². The third-order valence-corrected chi connectivity index (χ3v) is 4.69. The van der Waals surface area contributed by atoms with E-state index in [1.165, 1.54) is 0 Å². The van der Waals surface area contributed by atoms with Gasteiger partial charge < -0.3 is 11.1 Å². The molecule has 0 aromatic heterocycles. The molecule has 1 unspecified atom stereocenters. The Bertz CT molecular complexity index is 642. The molecule has 21 heavy (non-hydrogen) atoms. The van der Waals surface area contributed by atoms with E-state index < -0.39 is 10.8 Å². The second kappa shape index (κ2) is 7.38. The average Bonchev–Trinajstić information content (AvgIpc) is 2.48. The Morgan fingerprint density at radius 3 is 2.33 bits per heavy atom. The molecule has 0 aliphatic carbocycles. The number of carbonyl (C=O) groups is 1. The summed E-state index contributed by atoms with van der Waals surface area (Å²) >= 11 is 3.33. The zero-order chi connectivity index (χ0) is 15.2. The summed E-state index contributed by atoms with van der Waals surface area (Å²) in [7, 11) is -1.18. The minimum Gasteiger partial charge on any atom is -0.399 e. The maximum absolute atomic E-state index is 12.1. The Balaban J connectivity index is 1.84. The number of nitrogens with two attached hydrogens (primary N) is 1. The van der Waals surface area contributed by atoms with Gasteiger partial charge in [-0.3, -0.25) is 9.00 Å². The number of nitrogens with one attached hydrogen (secondary N) is 1. The highest BCUT2D eigenvalue weighted by Gasteiger charge is 2.08. The first kappa shape index (κ1) is 15.7. The zero-order valence-electron chi connectivity index (χ0n) is 11.2. The molecule has 110 valence electrons. The lowest BCUT2D eigenvalue weighted by atomic mass is 10.3. The second-order valence-corrected chi connectivity index (χ2v) is 6.91. The van der Waals surface area contributed by atoms with Crippen LogP contribution < -0.4 is 11.1 Å². The summed E-state index contributed by atoms with van der Waals surface area (Å²) < 4.78 is 13.0. The van der Waals surface area contributed by atoms with Gasteiger partial charge in [-0.15, -0.1) is 0 Å². The van der Waals surface area contributed by atoms with Gasteiger partial charge >= 0.3 is 0 Å². The van der Waals surface area contributed by atoms with Crippen molar-refractivity contribution >= 4 is 44.0 Å². The number of carbonyl (C=O) groups excluding carboxylic acids is 1. The standard InChI is InChI=1S/C15H15BrN2O2S/c16-11-1-7-14(8-2-11)21(20)10-9-15(19)18-13-5-3-12(17)4-6-13/h1-8H,9-10,17H2,(H,18,19). The number of halogens is 1. The molecule has 0 fully saturated rings. The molecule has 3 N–H and O–H groups in total. The van der Waals surface area contributed by atoms with Crippen molar-refractivity contribution in [2.75, 3.05) is 16.8 Å². The van der Waals surface area contributed by atoms with Gasteiger partial charge in [0.1, 0.15) is 0 Å². The van der Waals surface area contributed by atoms with Crippen molar-refractivity contribution < 1.29 is 9.00 Å². The maximum atomic E-state index is 12.1. The first-order chi connectivity index (χ1) is 10.0. The van der Waals surface area contributed by atoms with Crippen LogP contribution in [-0.4, -0.2) is 15.9 Å². The topological polar surface area (TPSA) is 72.2 Å². The number of rotatable bonds is 5. The van der Waals surface area contributed by atoms with Crippen molar-refractivity contribution in [1.82, 2.24) is 0 Å². The quantitative estimate of drug-likeness (QED) is 0.798. The predicted molar refractivity (Wildman–Crippen MR) is 89.5 cm³/mol. The van der Waals surface area contributed by atoms with Crippen molar-refractivity contribution in [2.45, 2.75) is 11.3 Å². The van der Waals surface area contributed by atoms with Gasteiger partial charge in [0.2, 0.25) is 5.91 Å². The van der Waals surface area contributed by atoms with Gasteiger partial charge in [0.15, 0.2) is 0 Å². The van der Waals surface area contributed by atoms with Gasteiger partial charge in [-0.25, -0.2) is 0 Å². The molecule has 4 nitrogen and oxygen atoms in total. The summed E-state index contributed by atoms with van der Waals surface area (Å²) in [4.78, 5) is 12.5. The number of hydrogen-bond donors (Lipinski definition) is 2. The minimum absolute atomic E-state index is 0.162. The molecule has 0 bridgehead atoms. The summed E-state index contributed by atoms with van der Waals surface area (Å²) in [6, 6.07) is 14.2. The largest absolute Gasteiger partial charge is 0.399 e. The van der Waals surface area contributed by atoms with E-state index in [4.69, 9.17) is 5.73 Å². The Morgan fingerprint density at radius 1 is 1.10 bits per heavy atom. The molecule has 0 heterocycles. The van der Waals surface area contributed by atoms with E-state index in [-0.39, 0.29) is 12.3 Å². The number of anilines is 2. The molecule has 1 amide bonds. The van der Waals surface area contributed by atoms with Crippen LogP contribution in [0.15, 0.2) is 57.9 Å². The van der Waals surface area contributed by atoms with Gasteiger partial charge in [-0.1, -0.05) is 15.9 Å². The molecule has 0 aliphatic rings. The molecule has 2 aromatic rings. The number of benzene rings is 2. The fourth-order valence-electron chi connectivity index (χ4n) is 1.68. The van der Waals surface area contributed by atoms with Crippen LogP contribution in [0.3, 0.4) is 0 Å². The highest BCUT2D eigenvalue weighted by atomic mass is 79.9. The summed E-state index contributed by atoms with van der Waals surface area (Å²) in [5.41, 5.74) is 6.90. The number of nitrogen functional groups attached to an aromatic ring is 1. The van der Waals surface area contributed by atoms with E-state index in [1.54, 1.807) is 36.4 Å². The maximum Gasteiger partial charge on any atom is 0.225 e. The highest BCUT2D eigenvalue weighted by Crippen LogP contribution is 2.14. The lowest BCUT2D eigenvalue weighted by molar-refractivity contribution is -0.115. The van der Waals surface area contributed by atoms with E-state index in [2.05, 4.69) is 21.2 Å². The van der Waals surface area contributed by atoms with Crippen molar-refractivity contribution in [3.8, 4) is 0 Å². The fourth-order valence-corrected chi connectivity index (χ4v) is 2.99. The van der Waals surface area contributed by atoms with Crippen molar-refractivity contribution in [1.29, 1.82) is 0 Å². The fraction of sp³-hybridized carbons (Fsp3) is 0.133. The third kappa shape index (κ3) is 4.99.